The van der Waals surface area contributed by atoms with E-state index in [0.717, 1.165) is 18.3 Å². The molecule has 0 aliphatic carbocycles. The van der Waals surface area contributed by atoms with Crippen molar-refractivity contribution in [3.63, 3.8) is 0 Å². The van der Waals surface area contributed by atoms with Gasteiger partial charge in [-0.15, -0.1) is 0 Å². The van der Waals surface area contributed by atoms with Crippen molar-refractivity contribution < 1.29 is 13.6 Å². The lowest BCUT2D eigenvalue weighted by Crippen LogP contribution is -2.13. The Labute approximate surface area is 107 Å². The van der Waals surface area contributed by atoms with Crippen LogP contribution < -0.4 is 5.32 Å². The third kappa shape index (κ3) is 2.72. The van der Waals surface area contributed by atoms with Gasteiger partial charge in [0.25, 0.3) is 5.91 Å². The van der Waals surface area contributed by atoms with Crippen LogP contribution in [0.5, 0.6) is 0 Å². The average molecular weight is 259 g/mol. The molecule has 0 saturated carbocycles. The van der Waals surface area contributed by atoms with Gasteiger partial charge in [0.1, 0.15) is 17.4 Å². The zero-order valence-electron chi connectivity index (χ0n) is 9.52. The van der Waals surface area contributed by atoms with Gasteiger partial charge in [0.2, 0.25) is 5.95 Å². The monoisotopic (exact) mass is 259 g/mol. The van der Waals surface area contributed by atoms with E-state index in [-0.39, 0.29) is 16.8 Å². The van der Waals surface area contributed by atoms with Crippen LogP contribution >= 0.6 is 0 Å². The molecule has 0 spiro atoms. The molecular formula is C13H7F2N3O. The normalized spacial score (nSPS) is 9.74. The van der Waals surface area contributed by atoms with Crippen molar-refractivity contribution in [2.24, 2.45) is 0 Å². The average Bonchev–Trinajstić information content (AvgIpc) is 2.39. The molecule has 0 radical (unpaired) electrons. The molecule has 4 nitrogen and oxygen atoms in total. The van der Waals surface area contributed by atoms with E-state index in [0.29, 0.717) is 0 Å². The van der Waals surface area contributed by atoms with E-state index in [9.17, 15) is 13.6 Å². The minimum absolute atomic E-state index is 0.0284. The van der Waals surface area contributed by atoms with Crippen LogP contribution in [0.25, 0.3) is 0 Å². The Bertz CT molecular complexity index is 680. The van der Waals surface area contributed by atoms with Gasteiger partial charge in [-0.25, -0.2) is 9.37 Å². The number of anilines is 1. The molecule has 2 rings (SSSR count). The van der Waals surface area contributed by atoms with E-state index in [4.69, 9.17) is 5.26 Å². The van der Waals surface area contributed by atoms with E-state index < -0.39 is 17.7 Å². The summed E-state index contributed by atoms with van der Waals surface area (Å²) in [7, 11) is 0. The Kier molecular flexibility index (Phi) is 3.48. The highest BCUT2D eigenvalue weighted by atomic mass is 19.1. The van der Waals surface area contributed by atoms with Crippen LogP contribution in [0.2, 0.25) is 0 Å². The molecule has 0 bridgehead atoms. The highest BCUT2D eigenvalue weighted by Crippen LogP contribution is 2.18. The number of amides is 1. The summed E-state index contributed by atoms with van der Waals surface area (Å²) in [5, 5.41) is 11.2. The third-order valence-electron chi connectivity index (χ3n) is 2.36. The number of nitriles is 1. The maximum atomic E-state index is 13.3. The number of aromatic nitrogens is 1. The van der Waals surface area contributed by atoms with Gasteiger partial charge < -0.3 is 5.32 Å². The molecule has 0 unspecified atom stereocenters. The number of rotatable bonds is 2. The predicted molar refractivity (Wildman–Crippen MR) is 63.3 cm³/mol. The van der Waals surface area contributed by atoms with Gasteiger partial charge in [-0.05, 0) is 18.2 Å². The minimum Gasteiger partial charge on any atom is -0.321 e. The number of nitrogens with one attached hydrogen (secondary N) is 1. The molecule has 1 heterocycles. The summed E-state index contributed by atoms with van der Waals surface area (Å²) in [6.45, 7) is 0. The van der Waals surface area contributed by atoms with Crippen LogP contribution in [-0.2, 0) is 0 Å². The number of pyridine rings is 1. The van der Waals surface area contributed by atoms with Crippen molar-refractivity contribution in [2.45, 2.75) is 0 Å². The highest BCUT2D eigenvalue weighted by molar-refractivity contribution is 6.04. The lowest BCUT2D eigenvalue weighted by atomic mass is 10.1. The van der Waals surface area contributed by atoms with Crippen molar-refractivity contribution in [1.82, 2.24) is 4.98 Å². The van der Waals surface area contributed by atoms with Crippen LogP contribution in [0.3, 0.4) is 0 Å². The van der Waals surface area contributed by atoms with E-state index >= 15 is 0 Å². The Morgan fingerprint density at radius 1 is 1.32 bits per heavy atom. The smallest absolute Gasteiger partial charge is 0.255 e. The van der Waals surface area contributed by atoms with Crippen LogP contribution in [0.15, 0.2) is 36.5 Å². The summed E-state index contributed by atoms with van der Waals surface area (Å²) in [6.07, 6.45) is 1.14. The molecule has 19 heavy (non-hydrogen) atoms. The van der Waals surface area contributed by atoms with Crippen molar-refractivity contribution in [2.75, 3.05) is 5.32 Å². The number of benzene rings is 1. The molecule has 6 heteroatoms. The fourth-order valence-corrected chi connectivity index (χ4v) is 1.48. The topological polar surface area (TPSA) is 65.8 Å². The third-order valence-corrected chi connectivity index (χ3v) is 2.36. The summed E-state index contributed by atoms with van der Waals surface area (Å²) in [5.74, 6) is -2.18. The van der Waals surface area contributed by atoms with Crippen molar-refractivity contribution in [3.05, 3.63) is 59.4 Å². The van der Waals surface area contributed by atoms with Gasteiger partial charge in [-0.1, -0.05) is 6.07 Å². The second kappa shape index (κ2) is 5.23. The van der Waals surface area contributed by atoms with Crippen molar-refractivity contribution in [1.29, 1.82) is 5.26 Å². The number of hydrogen-bond acceptors (Lipinski definition) is 3. The molecular weight excluding hydrogens is 252 g/mol. The molecule has 1 aromatic carbocycles. The van der Waals surface area contributed by atoms with Gasteiger partial charge in [0.15, 0.2) is 0 Å². The lowest BCUT2D eigenvalue weighted by Gasteiger charge is -2.07. The second-order valence-corrected chi connectivity index (χ2v) is 3.60. The standard InChI is InChI=1S/C13H7F2N3O/c14-10-2-1-3-11(9(10)7-16)18-13(19)8-4-5-17-12(15)6-8/h1-6H,(H,18,19). The first-order chi connectivity index (χ1) is 9.11. The van der Waals surface area contributed by atoms with Crippen molar-refractivity contribution >= 4 is 11.6 Å². The van der Waals surface area contributed by atoms with Gasteiger partial charge in [0, 0.05) is 17.8 Å². The van der Waals surface area contributed by atoms with Crippen LogP contribution in [0, 0.1) is 23.1 Å². The Morgan fingerprint density at radius 3 is 2.79 bits per heavy atom. The van der Waals surface area contributed by atoms with Crippen molar-refractivity contribution in [3.8, 4) is 6.07 Å². The predicted octanol–water partition coefficient (Wildman–Crippen LogP) is 2.48. The van der Waals surface area contributed by atoms with Gasteiger partial charge in [-0.3, -0.25) is 4.79 Å². The number of nitrogens with zero attached hydrogens (tertiary/aromatic N) is 2. The molecule has 94 valence electrons. The van der Waals surface area contributed by atoms with Crippen LogP contribution in [-0.4, -0.2) is 10.9 Å². The number of hydrogen-bond donors (Lipinski definition) is 1. The van der Waals surface area contributed by atoms with Crippen LogP contribution in [0.4, 0.5) is 14.5 Å². The second-order valence-electron chi connectivity index (χ2n) is 3.60. The zero-order chi connectivity index (χ0) is 13.8. The fraction of sp³-hybridized carbons (Fsp3) is 0. The first-order valence-electron chi connectivity index (χ1n) is 5.23. The molecule has 0 fully saturated rings. The molecule has 0 atom stereocenters. The van der Waals surface area contributed by atoms with E-state index in [1.54, 1.807) is 6.07 Å². The SMILES string of the molecule is N#Cc1c(F)cccc1NC(=O)c1ccnc(F)c1. The summed E-state index contributed by atoms with van der Waals surface area (Å²) in [6, 6.07) is 7.77. The maximum absolute atomic E-state index is 13.3. The molecule has 1 N–H and O–H groups in total. The number of halogens is 2. The van der Waals surface area contributed by atoms with E-state index in [1.165, 1.54) is 18.2 Å². The summed E-state index contributed by atoms with van der Waals surface area (Å²) in [5.41, 5.74) is -0.212. The Hall–Kier alpha value is -2.81. The zero-order valence-corrected chi connectivity index (χ0v) is 9.52. The summed E-state index contributed by atoms with van der Waals surface area (Å²) < 4.78 is 26.2. The molecule has 0 aliphatic heterocycles. The molecule has 0 saturated heterocycles. The fourth-order valence-electron chi connectivity index (χ4n) is 1.48. The molecule has 2 aromatic rings. The maximum Gasteiger partial charge on any atom is 0.255 e. The quantitative estimate of drug-likeness (QED) is 0.842. The van der Waals surface area contributed by atoms with E-state index in [1.807, 2.05) is 0 Å². The first-order valence-corrected chi connectivity index (χ1v) is 5.23. The van der Waals surface area contributed by atoms with Gasteiger partial charge >= 0.3 is 0 Å². The summed E-state index contributed by atoms with van der Waals surface area (Å²) >= 11 is 0. The lowest BCUT2D eigenvalue weighted by molar-refractivity contribution is 0.102. The highest BCUT2D eigenvalue weighted by Gasteiger charge is 2.12. The number of carbonyl (C=O) groups is 1. The van der Waals surface area contributed by atoms with E-state index in [2.05, 4.69) is 10.3 Å². The molecule has 0 aliphatic rings. The Morgan fingerprint density at radius 2 is 2.11 bits per heavy atom. The minimum atomic E-state index is -0.799. The largest absolute Gasteiger partial charge is 0.321 e. The molecule has 1 aromatic heterocycles. The first kappa shape index (κ1) is 12.6. The number of carbonyl (C=O) groups excluding carboxylic acids is 1. The Balaban J connectivity index is 2.30. The van der Waals surface area contributed by atoms with Crippen LogP contribution in [0.1, 0.15) is 15.9 Å². The van der Waals surface area contributed by atoms with Gasteiger partial charge in [0.05, 0.1) is 5.69 Å². The molecule has 1 amide bonds. The van der Waals surface area contributed by atoms with Gasteiger partial charge in [-0.2, -0.15) is 9.65 Å². The summed E-state index contributed by atoms with van der Waals surface area (Å²) in [4.78, 5) is 15.1.